The lowest BCUT2D eigenvalue weighted by Gasteiger charge is -2.29. The maximum Gasteiger partial charge on any atom is 0.186 e. The van der Waals surface area contributed by atoms with Gasteiger partial charge in [-0.05, 0) is 18.2 Å². The molecule has 9 heteroatoms. The van der Waals surface area contributed by atoms with Crippen molar-refractivity contribution < 1.29 is 28.4 Å². The first-order valence-electron chi connectivity index (χ1n) is 11.7. The van der Waals surface area contributed by atoms with Crippen LogP contribution in [0.2, 0.25) is 15.1 Å². The zero-order valence-corrected chi connectivity index (χ0v) is 21.2. The minimum Gasteiger partial charge on any atom is -0.346 e. The molecule has 3 aromatic rings. The normalized spacial score (nSPS) is 32.2. The molecule has 3 saturated heterocycles. The van der Waals surface area contributed by atoms with Gasteiger partial charge in [-0.2, -0.15) is 0 Å². The van der Waals surface area contributed by atoms with Crippen molar-refractivity contribution in [2.45, 2.75) is 43.3 Å². The van der Waals surface area contributed by atoms with E-state index in [1.165, 1.54) is 0 Å². The lowest BCUT2D eigenvalue weighted by Crippen LogP contribution is -2.45. The van der Waals surface area contributed by atoms with E-state index in [2.05, 4.69) is 0 Å². The van der Waals surface area contributed by atoms with E-state index in [9.17, 15) is 0 Å². The Bertz CT molecular complexity index is 1230. The van der Waals surface area contributed by atoms with Crippen LogP contribution in [0, 0.1) is 0 Å². The Labute approximate surface area is 223 Å². The summed E-state index contributed by atoms with van der Waals surface area (Å²) >= 11 is 19.3. The first-order chi connectivity index (χ1) is 17.6. The summed E-state index contributed by atoms with van der Waals surface area (Å²) in [4.78, 5) is 0. The van der Waals surface area contributed by atoms with Crippen LogP contribution >= 0.6 is 34.8 Å². The first-order valence-corrected chi connectivity index (χ1v) is 12.8. The third kappa shape index (κ3) is 4.78. The van der Waals surface area contributed by atoms with Crippen LogP contribution in [0.5, 0.6) is 0 Å². The van der Waals surface area contributed by atoms with Crippen molar-refractivity contribution in [2.24, 2.45) is 0 Å². The van der Waals surface area contributed by atoms with Crippen molar-refractivity contribution >= 4 is 34.8 Å². The Balaban J connectivity index is 1.29. The molecular weight excluding hydrogens is 527 g/mol. The second-order valence-corrected chi connectivity index (χ2v) is 10.00. The molecule has 3 aliphatic rings. The summed E-state index contributed by atoms with van der Waals surface area (Å²) in [5.41, 5.74) is 2.21. The molecule has 0 amide bonds. The highest BCUT2D eigenvalue weighted by atomic mass is 35.5. The van der Waals surface area contributed by atoms with Crippen molar-refractivity contribution in [2.75, 3.05) is 13.2 Å². The van der Waals surface area contributed by atoms with Crippen molar-refractivity contribution in [3.63, 3.8) is 0 Å². The number of ether oxygens (including phenoxy) is 6. The van der Waals surface area contributed by atoms with Crippen LogP contribution in [-0.4, -0.2) is 37.6 Å². The molecule has 188 valence electrons. The quantitative estimate of drug-likeness (QED) is 0.363. The van der Waals surface area contributed by atoms with Gasteiger partial charge in [-0.1, -0.05) is 89.4 Å². The van der Waals surface area contributed by atoms with Crippen molar-refractivity contribution in [3.05, 3.63) is 105 Å². The van der Waals surface area contributed by atoms with Gasteiger partial charge in [0.2, 0.25) is 0 Å². The predicted octanol–water partition coefficient (Wildman–Crippen LogP) is 6.66. The van der Waals surface area contributed by atoms with Crippen molar-refractivity contribution in [1.29, 1.82) is 0 Å². The molecule has 0 spiro atoms. The zero-order valence-electron chi connectivity index (χ0n) is 19.0. The second-order valence-electron chi connectivity index (χ2n) is 8.78. The summed E-state index contributed by atoms with van der Waals surface area (Å²) in [6.07, 6.45) is -4.01. The van der Waals surface area contributed by atoms with Gasteiger partial charge in [0.25, 0.3) is 0 Å². The molecule has 0 saturated carbocycles. The molecule has 0 bridgehead atoms. The van der Waals surface area contributed by atoms with Gasteiger partial charge in [0.15, 0.2) is 18.9 Å². The Morgan fingerprint density at radius 3 is 1.31 bits per heavy atom. The van der Waals surface area contributed by atoms with E-state index in [1.807, 2.05) is 54.6 Å². The Kier molecular flexibility index (Phi) is 7.23. The highest BCUT2D eigenvalue weighted by Gasteiger charge is 2.51. The standard InChI is InChI=1S/C27H23Cl3O6/c28-18-10-4-1-7-15(18)25-31-13-21(33-25)23-24-22(34-27(36-24)17-9-3-6-12-20(17)30)14-32-26(35-23)16-8-2-5-11-19(16)29/h1-12,21-27H,13-14H2/t21-,22+,23-,24-,25?,26?,27?/m1/s1. The number of halogens is 3. The molecular formula is C27H23Cl3O6. The molecule has 0 aliphatic carbocycles. The Morgan fingerprint density at radius 2 is 0.833 bits per heavy atom. The van der Waals surface area contributed by atoms with Crippen molar-refractivity contribution in [3.8, 4) is 0 Å². The molecule has 6 rings (SSSR count). The molecule has 7 atom stereocenters. The SMILES string of the molecule is Clc1ccccc1C1OC[C@@H]2OC(c3ccccc3Cl)O[C@H]2[C@@H]([C@H]2COC(c3ccccc3Cl)O2)O1. The van der Waals surface area contributed by atoms with Gasteiger partial charge < -0.3 is 28.4 Å². The maximum atomic E-state index is 6.52. The molecule has 3 heterocycles. The summed E-state index contributed by atoms with van der Waals surface area (Å²) < 4.78 is 37.7. The van der Waals surface area contributed by atoms with Crippen LogP contribution in [0.1, 0.15) is 35.6 Å². The van der Waals surface area contributed by atoms with E-state index in [0.717, 1.165) is 11.1 Å². The lowest BCUT2D eigenvalue weighted by molar-refractivity contribution is -0.217. The largest absolute Gasteiger partial charge is 0.346 e. The Morgan fingerprint density at radius 1 is 0.472 bits per heavy atom. The third-order valence-corrected chi connectivity index (χ3v) is 7.55. The van der Waals surface area contributed by atoms with E-state index in [4.69, 9.17) is 63.2 Å². The monoisotopic (exact) mass is 548 g/mol. The van der Waals surface area contributed by atoms with Gasteiger partial charge in [0.05, 0.1) is 13.2 Å². The smallest absolute Gasteiger partial charge is 0.186 e. The van der Waals surface area contributed by atoms with Crippen LogP contribution in [0.3, 0.4) is 0 Å². The summed E-state index contributed by atoms with van der Waals surface area (Å²) in [5.74, 6) is 0. The lowest BCUT2D eigenvalue weighted by atomic mass is 10.0. The highest BCUT2D eigenvalue weighted by molar-refractivity contribution is 6.32. The van der Waals surface area contributed by atoms with Crippen LogP contribution in [0.4, 0.5) is 0 Å². The number of benzene rings is 3. The summed E-state index contributed by atoms with van der Waals surface area (Å²) in [5, 5.41) is 1.67. The van der Waals surface area contributed by atoms with Crippen LogP contribution < -0.4 is 0 Å². The predicted molar refractivity (Wildman–Crippen MR) is 134 cm³/mol. The minimum absolute atomic E-state index is 0.236. The molecule has 3 aliphatic heterocycles. The Hall–Kier alpha value is -1.71. The molecule has 0 radical (unpaired) electrons. The zero-order chi connectivity index (χ0) is 24.6. The number of hydrogen-bond acceptors (Lipinski definition) is 6. The van der Waals surface area contributed by atoms with E-state index in [1.54, 1.807) is 18.2 Å². The van der Waals surface area contributed by atoms with Crippen LogP contribution in [0.15, 0.2) is 72.8 Å². The van der Waals surface area contributed by atoms with Crippen LogP contribution in [-0.2, 0) is 28.4 Å². The average molecular weight is 550 g/mol. The van der Waals surface area contributed by atoms with E-state index < -0.39 is 43.3 Å². The van der Waals surface area contributed by atoms with E-state index >= 15 is 0 Å². The van der Waals surface area contributed by atoms with Crippen molar-refractivity contribution in [1.82, 2.24) is 0 Å². The fourth-order valence-corrected chi connectivity index (χ4v) is 5.40. The third-order valence-electron chi connectivity index (χ3n) is 6.52. The molecule has 3 aromatic carbocycles. The number of rotatable bonds is 4. The fourth-order valence-electron chi connectivity index (χ4n) is 4.73. The minimum atomic E-state index is -0.733. The molecule has 3 unspecified atom stereocenters. The average Bonchev–Trinajstić information content (AvgIpc) is 3.50. The topological polar surface area (TPSA) is 55.4 Å². The summed E-state index contributed by atoms with van der Waals surface area (Å²) in [7, 11) is 0. The van der Waals surface area contributed by atoms with E-state index in [-0.39, 0.29) is 13.2 Å². The fraction of sp³-hybridized carbons (Fsp3) is 0.333. The molecule has 0 aromatic heterocycles. The second kappa shape index (κ2) is 10.6. The summed E-state index contributed by atoms with van der Waals surface area (Å²) in [6, 6.07) is 22.3. The number of hydrogen-bond donors (Lipinski definition) is 0. The highest BCUT2D eigenvalue weighted by Crippen LogP contribution is 2.44. The summed E-state index contributed by atoms with van der Waals surface area (Å²) in [6.45, 7) is 0.513. The molecule has 0 N–H and O–H groups in total. The van der Waals surface area contributed by atoms with Gasteiger partial charge in [-0.3, -0.25) is 0 Å². The van der Waals surface area contributed by atoms with E-state index in [0.29, 0.717) is 20.6 Å². The van der Waals surface area contributed by atoms with Gasteiger partial charge in [-0.15, -0.1) is 0 Å². The number of fused-ring (bicyclic) bond motifs is 1. The van der Waals surface area contributed by atoms with Gasteiger partial charge in [0, 0.05) is 31.8 Å². The first kappa shape index (κ1) is 24.6. The maximum absolute atomic E-state index is 6.52. The van der Waals surface area contributed by atoms with Gasteiger partial charge in [0.1, 0.15) is 24.4 Å². The van der Waals surface area contributed by atoms with Crippen LogP contribution in [0.25, 0.3) is 0 Å². The molecule has 3 fully saturated rings. The van der Waals surface area contributed by atoms with Gasteiger partial charge >= 0.3 is 0 Å². The van der Waals surface area contributed by atoms with Gasteiger partial charge in [-0.25, -0.2) is 0 Å². The molecule has 36 heavy (non-hydrogen) atoms. The molecule has 6 nitrogen and oxygen atoms in total.